The van der Waals surface area contributed by atoms with Gasteiger partial charge in [0.05, 0.1) is 0 Å². The lowest BCUT2D eigenvalue weighted by atomic mass is 9.92. The first-order valence-electron chi connectivity index (χ1n) is 6.54. The van der Waals surface area contributed by atoms with E-state index < -0.39 is 10.0 Å². The third-order valence-electron chi connectivity index (χ3n) is 3.55. The summed E-state index contributed by atoms with van der Waals surface area (Å²) in [6, 6.07) is 3.44. The van der Waals surface area contributed by atoms with Crippen LogP contribution in [0.15, 0.2) is 16.3 Å². The molecule has 1 saturated carbocycles. The fraction of sp³-hybridized carbons (Fsp3) is 0.692. The largest absolute Gasteiger partial charge is 0.396 e. The van der Waals surface area contributed by atoms with Crippen LogP contribution in [-0.4, -0.2) is 26.2 Å². The van der Waals surface area contributed by atoms with E-state index in [0.29, 0.717) is 10.6 Å². The average Bonchev–Trinajstić information content (AvgIpc) is 2.86. The monoisotopic (exact) mass is 303 g/mol. The van der Waals surface area contributed by atoms with Crippen LogP contribution in [0.25, 0.3) is 0 Å². The van der Waals surface area contributed by atoms with Gasteiger partial charge in [0, 0.05) is 23.9 Å². The molecule has 0 spiro atoms. The first-order valence-corrected chi connectivity index (χ1v) is 8.84. The molecule has 1 aromatic heterocycles. The van der Waals surface area contributed by atoms with Gasteiger partial charge in [0.2, 0.25) is 10.0 Å². The van der Waals surface area contributed by atoms with Gasteiger partial charge in [0.25, 0.3) is 0 Å². The van der Waals surface area contributed by atoms with Crippen LogP contribution in [-0.2, 0) is 16.4 Å². The van der Waals surface area contributed by atoms with E-state index in [9.17, 15) is 8.42 Å². The van der Waals surface area contributed by atoms with Crippen LogP contribution < -0.4 is 4.72 Å². The molecule has 0 aliphatic heterocycles. The van der Waals surface area contributed by atoms with Gasteiger partial charge in [-0.15, -0.1) is 11.3 Å². The lowest BCUT2D eigenvalue weighted by Gasteiger charge is -2.17. The van der Waals surface area contributed by atoms with Crippen LogP contribution in [0.3, 0.4) is 0 Å². The summed E-state index contributed by atoms with van der Waals surface area (Å²) in [7, 11) is -3.40. The molecule has 108 valence electrons. The molecule has 1 unspecified atom stereocenters. The number of aliphatic hydroxyl groups excluding tert-OH is 1. The fourth-order valence-electron chi connectivity index (χ4n) is 2.56. The molecular weight excluding hydrogens is 282 g/mol. The maximum absolute atomic E-state index is 12.3. The number of thiophene rings is 1. The Labute approximate surface area is 118 Å². The zero-order valence-corrected chi connectivity index (χ0v) is 13.0. The van der Waals surface area contributed by atoms with E-state index in [1.165, 1.54) is 11.3 Å². The van der Waals surface area contributed by atoms with Gasteiger partial charge in [-0.2, -0.15) is 0 Å². The summed E-state index contributed by atoms with van der Waals surface area (Å²) in [5.74, 6) is 0. The Morgan fingerprint density at radius 2 is 2.21 bits per heavy atom. The van der Waals surface area contributed by atoms with Gasteiger partial charge in [0.1, 0.15) is 4.21 Å². The second kappa shape index (κ2) is 5.52. The lowest BCUT2D eigenvalue weighted by molar-refractivity contribution is 0.300. The second-order valence-corrected chi connectivity index (χ2v) is 9.03. The maximum Gasteiger partial charge on any atom is 0.250 e. The normalized spacial score (nSPS) is 22.8. The van der Waals surface area contributed by atoms with Gasteiger partial charge in [0.15, 0.2) is 0 Å². The van der Waals surface area contributed by atoms with E-state index in [0.717, 1.165) is 24.1 Å². The second-order valence-electron chi connectivity index (χ2n) is 5.92. The van der Waals surface area contributed by atoms with E-state index >= 15 is 0 Å². The zero-order valence-electron chi connectivity index (χ0n) is 11.3. The van der Waals surface area contributed by atoms with Crippen molar-refractivity contribution in [2.45, 2.75) is 49.8 Å². The third-order valence-corrected chi connectivity index (χ3v) is 6.71. The quantitative estimate of drug-likeness (QED) is 0.876. The SMILES string of the molecule is CC1(C)CCC(NS(=O)(=O)c2ccc(CCO)s2)C1. The molecule has 19 heavy (non-hydrogen) atoms. The van der Waals surface area contributed by atoms with Crippen molar-refractivity contribution in [3.8, 4) is 0 Å². The Bertz CT molecular complexity index is 534. The molecule has 1 aliphatic carbocycles. The third kappa shape index (κ3) is 3.78. The van der Waals surface area contributed by atoms with Gasteiger partial charge in [-0.25, -0.2) is 13.1 Å². The minimum atomic E-state index is -3.40. The highest BCUT2D eigenvalue weighted by Gasteiger charge is 2.33. The number of rotatable bonds is 5. The number of hydrogen-bond acceptors (Lipinski definition) is 4. The molecule has 2 N–H and O–H groups in total. The molecular formula is C13H21NO3S2. The van der Waals surface area contributed by atoms with Crippen molar-refractivity contribution in [3.63, 3.8) is 0 Å². The summed E-state index contributed by atoms with van der Waals surface area (Å²) in [5, 5.41) is 8.86. The molecule has 0 saturated heterocycles. The number of aliphatic hydroxyl groups is 1. The van der Waals surface area contributed by atoms with Crippen LogP contribution in [0.1, 0.15) is 38.0 Å². The molecule has 4 nitrogen and oxygen atoms in total. The van der Waals surface area contributed by atoms with Gasteiger partial charge in [-0.1, -0.05) is 13.8 Å². The van der Waals surface area contributed by atoms with Crippen LogP contribution in [0.2, 0.25) is 0 Å². The molecule has 1 aromatic rings. The standard InChI is InChI=1S/C13H21NO3S2/c1-13(2)7-5-10(9-13)14-19(16,17)12-4-3-11(18-12)6-8-15/h3-4,10,14-15H,5-9H2,1-2H3. The molecule has 0 bridgehead atoms. The minimum absolute atomic E-state index is 0.0448. The highest BCUT2D eigenvalue weighted by atomic mass is 32.2. The molecule has 1 aliphatic rings. The van der Waals surface area contributed by atoms with Gasteiger partial charge >= 0.3 is 0 Å². The predicted octanol–water partition coefficient (Wildman–Crippen LogP) is 2.14. The summed E-state index contributed by atoms with van der Waals surface area (Å²) in [6.45, 7) is 4.39. The van der Waals surface area contributed by atoms with Crippen molar-refractivity contribution in [3.05, 3.63) is 17.0 Å². The van der Waals surface area contributed by atoms with Gasteiger partial charge < -0.3 is 5.11 Å². The van der Waals surface area contributed by atoms with Crippen LogP contribution in [0.4, 0.5) is 0 Å². The molecule has 0 aromatic carbocycles. The Hall–Kier alpha value is -0.430. The van der Waals surface area contributed by atoms with Crippen molar-refractivity contribution in [1.82, 2.24) is 4.72 Å². The number of hydrogen-bond donors (Lipinski definition) is 2. The summed E-state index contributed by atoms with van der Waals surface area (Å²) in [5.41, 5.74) is 0.227. The van der Waals surface area contributed by atoms with E-state index in [4.69, 9.17) is 5.11 Å². The van der Waals surface area contributed by atoms with Crippen LogP contribution >= 0.6 is 11.3 Å². The summed E-state index contributed by atoms with van der Waals surface area (Å²) in [6.07, 6.45) is 3.36. The van der Waals surface area contributed by atoms with E-state index in [1.54, 1.807) is 12.1 Å². The molecule has 0 radical (unpaired) electrons. The summed E-state index contributed by atoms with van der Waals surface area (Å²) >= 11 is 1.24. The summed E-state index contributed by atoms with van der Waals surface area (Å²) in [4.78, 5) is 0.898. The van der Waals surface area contributed by atoms with Crippen LogP contribution in [0.5, 0.6) is 0 Å². The first-order chi connectivity index (χ1) is 8.82. The maximum atomic E-state index is 12.3. The van der Waals surface area contributed by atoms with E-state index in [2.05, 4.69) is 18.6 Å². The van der Waals surface area contributed by atoms with Crippen molar-refractivity contribution in [2.24, 2.45) is 5.41 Å². The Morgan fingerprint density at radius 3 is 2.79 bits per heavy atom. The Balaban J connectivity index is 2.05. The van der Waals surface area contributed by atoms with Gasteiger partial charge in [-0.05, 0) is 36.8 Å². The molecule has 0 amide bonds. The van der Waals surface area contributed by atoms with Crippen molar-refractivity contribution < 1.29 is 13.5 Å². The molecule has 1 atom stereocenters. The smallest absolute Gasteiger partial charge is 0.250 e. The average molecular weight is 303 g/mol. The molecule has 1 heterocycles. The summed E-state index contributed by atoms with van der Waals surface area (Å²) < 4.78 is 27.7. The first kappa shape index (κ1) is 15.0. The number of nitrogens with one attached hydrogen (secondary N) is 1. The molecule has 6 heteroatoms. The highest BCUT2D eigenvalue weighted by molar-refractivity contribution is 7.91. The minimum Gasteiger partial charge on any atom is -0.396 e. The van der Waals surface area contributed by atoms with Crippen LogP contribution in [0, 0.1) is 5.41 Å². The highest BCUT2D eigenvalue weighted by Crippen LogP contribution is 2.37. The van der Waals surface area contributed by atoms with Crippen molar-refractivity contribution >= 4 is 21.4 Å². The predicted molar refractivity (Wildman–Crippen MR) is 76.9 cm³/mol. The van der Waals surface area contributed by atoms with Crippen molar-refractivity contribution in [1.29, 1.82) is 0 Å². The molecule has 1 fully saturated rings. The number of sulfonamides is 1. The Kier molecular flexibility index (Phi) is 4.35. The fourth-order valence-corrected chi connectivity index (χ4v) is 5.19. The zero-order chi connectivity index (χ0) is 14.1. The van der Waals surface area contributed by atoms with E-state index in [1.807, 2.05) is 0 Å². The Morgan fingerprint density at radius 1 is 1.47 bits per heavy atom. The van der Waals surface area contributed by atoms with Crippen molar-refractivity contribution in [2.75, 3.05) is 6.61 Å². The van der Waals surface area contributed by atoms with Gasteiger partial charge in [-0.3, -0.25) is 0 Å². The topological polar surface area (TPSA) is 66.4 Å². The lowest BCUT2D eigenvalue weighted by Crippen LogP contribution is -2.33. The molecule has 2 rings (SSSR count). The van der Waals surface area contributed by atoms with E-state index in [-0.39, 0.29) is 18.1 Å².